The predicted octanol–water partition coefficient (Wildman–Crippen LogP) is 0.779. The molecule has 6 nitrogen and oxygen atoms in total. The summed E-state index contributed by atoms with van der Waals surface area (Å²) < 4.78 is 0. The highest BCUT2D eigenvalue weighted by Crippen LogP contribution is 2.13. The number of hydrogen-bond acceptors (Lipinski definition) is 4. The van der Waals surface area contributed by atoms with E-state index < -0.39 is 0 Å². The van der Waals surface area contributed by atoms with Crippen LogP contribution in [0.4, 0.5) is 4.79 Å². The Morgan fingerprint density at radius 2 is 2.40 bits per heavy atom. The normalized spacial score (nSPS) is 15.7. The number of carbonyl (C=O) groups is 2. The summed E-state index contributed by atoms with van der Waals surface area (Å²) in [6, 6.07) is -0.103. The van der Waals surface area contributed by atoms with Gasteiger partial charge in [0, 0.05) is 50.1 Å². The lowest BCUT2D eigenvalue weighted by Gasteiger charge is -2.19. The van der Waals surface area contributed by atoms with Gasteiger partial charge in [-0.05, 0) is 6.42 Å². The SMILES string of the molecule is CCc1cnc(CCNC(=O)N2CCNC(=O)CC2)s1. The quantitative estimate of drug-likeness (QED) is 0.862. The Hall–Kier alpha value is -1.63. The highest BCUT2D eigenvalue weighted by atomic mass is 32.1. The van der Waals surface area contributed by atoms with Gasteiger partial charge in [0.2, 0.25) is 5.91 Å². The molecule has 1 saturated heterocycles. The smallest absolute Gasteiger partial charge is 0.317 e. The zero-order valence-electron chi connectivity index (χ0n) is 11.6. The summed E-state index contributed by atoms with van der Waals surface area (Å²) in [6.45, 7) is 4.25. The third kappa shape index (κ3) is 4.19. The summed E-state index contributed by atoms with van der Waals surface area (Å²) >= 11 is 1.69. The van der Waals surface area contributed by atoms with Gasteiger partial charge in [-0.2, -0.15) is 0 Å². The molecule has 0 bridgehead atoms. The van der Waals surface area contributed by atoms with Crippen LogP contribution in [0.3, 0.4) is 0 Å². The lowest BCUT2D eigenvalue weighted by atomic mass is 10.4. The fourth-order valence-electron chi connectivity index (χ4n) is 1.99. The average molecular weight is 296 g/mol. The molecule has 2 rings (SSSR count). The topological polar surface area (TPSA) is 74.3 Å². The third-order valence-corrected chi connectivity index (χ3v) is 4.37. The van der Waals surface area contributed by atoms with Gasteiger partial charge in [0.25, 0.3) is 0 Å². The average Bonchev–Trinajstić information content (AvgIpc) is 2.79. The van der Waals surface area contributed by atoms with Gasteiger partial charge in [0.05, 0.1) is 5.01 Å². The summed E-state index contributed by atoms with van der Waals surface area (Å²) in [5, 5.41) is 6.69. The predicted molar refractivity (Wildman–Crippen MR) is 77.8 cm³/mol. The molecule has 20 heavy (non-hydrogen) atoms. The number of nitrogens with zero attached hydrogens (tertiary/aromatic N) is 2. The van der Waals surface area contributed by atoms with E-state index in [-0.39, 0.29) is 11.9 Å². The first-order chi connectivity index (χ1) is 9.69. The van der Waals surface area contributed by atoms with Gasteiger partial charge in [0.15, 0.2) is 0 Å². The Morgan fingerprint density at radius 3 is 3.15 bits per heavy atom. The largest absolute Gasteiger partial charge is 0.354 e. The van der Waals surface area contributed by atoms with Crippen molar-refractivity contribution in [2.75, 3.05) is 26.2 Å². The van der Waals surface area contributed by atoms with Crippen LogP contribution in [-0.2, 0) is 17.6 Å². The number of nitrogens with one attached hydrogen (secondary N) is 2. The van der Waals surface area contributed by atoms with Crippen LogP contribution in [0.25, 0.3) is 0 Å². The van der Waals surface area contributed by atoms with Gasteiger partial charge in [0.1, 0.15) is 0 Å². The van der Waals surface area contributed by atoms with Crippen LogP contribution >= 0.6 is 11.3 Å². The maximum atomic E-state index is 12.0. The molecule has 2 heterocycles. The van der Waals surface area contributed by atoms with Gasteiger partial charge < -0.3 is 15.5 Å². The number of urea groups is 1. The lowest BCUT2D eigenvalue weighted by molar-refractivity contribution is -0.120. The van der Waals surface area contributed by atoms with Crippen LogP contribution < -0.4 is 10.6 Å². The molecule has 0 spiro atoms. The van der Waals surface area contributed by atoms with E-state index in [0.717, 1.165) is 17.8 Å². The highest BCUT2D eigenvalue weighted by Gasteiger charge is 2.17. The summed E-state index contributed by atoms with van der Waals surface area (Å²) in [5.74, 6) is 0.00943. The second-order valence-electron chi connectivity index (χ2n) is 4.64. The molecule has 2 N–H and O–H groups in total. The second-order valence-corrected chi connectivity index (χ2v) is 5.84. The molecule has 1 fully saturated rings. The first kappa shape index (κ1) is 14.8. The zero-order chi connectivity index (χ0) is 14.4. The van der Waals surface area contributed by atoms with Crippen molar-refractivity contribution in [3.05, 3.63) is 16.1 Å². The number of aromatic nitrogens is 1. The summed E-state index contributed by atoms with van der Waals surface area (Å²) in [5.41, 5.74) is 0. The summed E-state index contributed by atoms with van der Waals surface area (Å²) in [7, 11) is 0. The molecule has 1 aliphatic heterocycles. The number of aryl methyl sites for hydroxylation is 1. The van der Waals surface area contributed by atoms with E-state index in [1.54, 1.807) is 16.2 Å². The van der Waals surface area contributed by atoms with E-state index in [0.29, 0.717) is 32.6 Å². The molecule has 0 atom stereocenters. The Labute approximate surface area is 122 Å². The van der Waals surface area contributed by atoms with E-state index in [4.69, 9.17) is 0 Å². The zero-order valence-corrected chi connectivity index (χ0v) is 12.5. The van der Waals surface area contributed by atoms with Gasteiger partial charge in [-0.3, -0.25) is 4.79 Å². The molecule has 1 aromatic heterocycles. The van der Waals surface area contributed by atoms with Crippen molar-refractivity contribution in [1.82, 2.24) is 20.5 Å². The minimum absolute atomic E-state index is 0.00943. The minimum Gasteiger partial charge on any atom is -0.354 e. The van der Waals surface area contributed by atoms with Gasteiger partial charge >= 0.3 is 6.03 Å². The van der Waals surface area contributed by atoms with Crippen molar-refractivity contribution < 1.29 is 9.59 Å². The molecule has 1 aliphatic rings. The van der Waals surface area contributed by atoms with Gasteiger partial charge in [-0.1, -0.05) is 6.92 Å². The molecular formula is C13H20N4O2S. The molecule has 110 valence electrons. The molecule has 1 aromatic rings. The molecule has 0 unspecified atom stereocenters. The van der Waals surface area contributed by atoms with Crippen LogP contribution in [-0.4, -0.2) is 48.0 Å². The third-order valence-electron chi connectivity index (χ3n) is 3.16. The van der Waals surface area contributed by atoms with Gasteiger partial charge in [-0.15, -0.1) is 11.3 Å². The van der Waals surface area contributed by atoms with E-state index in [1.807, 2.05) is 6.20 Å². The Kier molecular flexibility index (Phi) is 5.34. The van der Waals surface area contributed by atoms with Crippen LogP contribution in [0.15, 0.2) is 6.20 Å². The molecule has 0 aromatic carbocycles. The molecule has 0 aliphatic carbocycles. The van der Waals surface area contributed by atoms with E-state index in [9.17, 15) is 9.59 Å². The van der Waals surface area contributed by atoms with Crippen LogP contribution in [0.1, 0.15) is 23.2 Å². The van der Waals surface area contributed by atoms with Crippen LogP contribution in [0, 0.1) is 0 Å². The number of amides is 3. The van der Waals surface area contributed by atoms with Gasteiger partial charge in [-0.25, -0.2) is 9.78 Å². The van der Waals surface area contributed by atoms with Crippen LogP contribution in [0.2, 0.25) is 0 Å². The first-order valence-corrected chi connectivity index (χ1v) is 7.73. The molecule has 3 amide bonds. The Balaban J connectivity index is 1.73. The second kappa shape index (κ2) is 7.23. The molecule has 7 heteroatoms. The number of carbonyl (C=O) groups excluding carboxylic acids is 2. The van der Waals surface area contributed by atoms with Crippen molar-refractivity contribution in [2.45, 2.75) is 26.2 Å². The minimum atomic E-state index is -0.103. The van der Waals surface area contributed by atoms with Crippen molar-refractivity contribution in [3.63, 3.8) is 0 Å². The first-order valence-electron chi connectivity index (χ1n) is 6.92. The highest BCUT2D eigenvalue weighted by molar-refractivity contribution is 7.11. The molecule has 0 radical (unpaired) electrons. The fraction of sp³-hybridized carbons (Fsp3) is 0.615. The standard InChI is InChI=1S/C13H20N4O2S/c1-2-10-9-16-12(20-10)3-5-15-13(19)17-7-4-11(18)14-6-8-17/h9H,2-8H2,1H3,(H,14,18)(H,15,19). The van der Waals surface area contributed by atoms with Crippen LogP contribution in [0.5, 0.6) is 0 Å². The number of rotatable bonds is 4. The Bertz CT molecular complexity index is 475. The molecular weight excluding hydrogens is 276 g/mol. The van der Waals surface area contributed by atoms with E-state index in [2.05, 4.69) is 22.5 Å². The summed E-state index contributed by atoms with van der Waals surface area (Å²) in [4.78, 5) is 30.4. The lowest BCUT2D eigenvalue weighted by Crippen LogP contribution is -2.42. The Morgan fingerprint density at radius 1 is 1.55 bits per heavy atom. The monoisotopic (exact) mass is 296 g/mol. The summed E-state index contributed by atoms with van der Waals surface area (Å²) in [6.07, 6.45) is 4.02. The number of thiazole rings is 1. The molecule has 0 saturated carbocycles. The maximum absolute atomic E-state index is 12.0. The van der Waals surface area contributed by atoms with E-state index >= 15 is 0 Å². The van der Waals surface area contributed by atoms with Crippen molar-refractivity contribution >= 4 is 23.3 Å². The fourth-order valence-corrected chi connectivity index (χ4v) is 2.85. The maximum Gasteiger partial charge on any atom is 0.317 e. The number of hydrogen-bond donors (Lipinski definition) is 2. The van der Waals surface area contributed by atoms with Crippen molar-refractivity contribution in [2.24, 2.45) is 0 Å². The van der Waals surface area contributed by atoms with E-state index in [1.165, 1.54) is 4.88 Å². The van der Waals surface area contributed by atoms with Crippen molar-refractivity contribution in [1.29, 1.82) is 0 Å². The van der Waals surface area contributed by atoms with Crippen molar-refractivity contribution in [3.8, 4) is 0 Å².